The quantitative estimate of drug-likeness (QED) is 0.446. The molecule has 96 valence electrons. The summed E-state index contributed by atoms with van der Waals surface area (Å²) in [7, 11) is 0. The van der Waals surface area contributed by atoms with E-state index in [0.717, 1.165) is 5.56 Å². The molecule has 0 spiro atoms. The number of carboxylic acid groups (broad SMARTS) is 1. The van der Waals surface area contributed by atoms with E-state index in [4.69, 9.17) is 5.11 Å². The third-order valence-electron chi connectivity index (χ3n) is 2.69. The van der Waals surface area contributed by atoms with Crippen molar-refractivity contribution >= 4 is 11.9 Å². The fraction of sp³-hybridized carbons (Fsp3) is 0.333. The van der Waals surface area contributed by atoms with Crippen molar-refractivity contribution in [2.75, 3.05) is 6.54 Å². The van der Waals surface area contributed by atoms with Gasteiger partial charge in [0.1, 0.15) is 0 Å². The van der Waals surface area contributed by atoms with Gasteiger partial charge in [-0.25, -0.2) is 9.86 Å². The molecule has 1 saturated heterocycles. The summed E-state index contributed by atoms with van der Waals surface area (Å²) in [5, 5.41) is 18.6. The molecule has 1 fully saturated rings. The molecule has 1 aliphatic rings. The van der Waals surface area contributed by atoms with E-state index in [1.807, 2.05) is 30.3 Å². The van der Waals surface area contributed by atoms with Crippen LogP contribution in [0.25, 0.3) is 0 Å². The second-order valence-corrected chi connectivity index (χ2v) is 4.01. The largest absolute Gasteiger partial charge is 0.479 e. The molecular weight excluding hydrogens is 238 g/mol. The molecule has 0 radical (unpaired) electrons. The molecule has 0 unspecified atom stereocenters. The molecule has 2 N–H and O–H groups in total. The highest BCUT2D eigenvalue weighted by atomic mass is 16.6. The molecule has 6 heteroatoms. The molecule has 2 atom stereocenters. The number of ether oxygens (including phenoxy) is 1. The molecule has 2 rings (SSSR count). The molecule has 0 aliphatic carbocycles. The number of rotatable bonds is 5. The van der Waals surface area contributed by atoms with Gasteiger partial charge in [-0.3, -0.25) is 10.0 Å². The fourth-order valence-corrected chi connectivity index (χ4v) is 1.62. The minimum Gasteiger partial charge on any atom is -0.479 e. The first-order chi connectivity index (χ1) is 8.59. The predicted octanol–water partition coefficient (Wildman–Crippen LogP) is 0.299. The van der Waals surface area contributed by atoms with E-state index < -0.39 is 24.1 Å². The Balaban J connectivity index is 1.80. The van der Waals surface area contributed by atoms with Crippen LogP contribution >= 0.6 is 0 Å². The molecule has 6 nitrogen and oxygen atoms in total. The number of aliphatic carboxylic acids is 1. The third kappa shape index (κ3) is 2.85. The fourth-order valence-electron chi connectivity index (χ4n) is 1.62. The lowest BCUT2D eigenvalue weighted by Crippen LogP contribution is -2.34. The third-order valence-corrected chi connectivity index (χ3v) is 2.69. The van der Waals surface area contributed by atoms with Gasteiger partial charge in [0.2, 0.25) is 0 Å². The highest BCUT2D eigenvalue weighted by Gasteiger charge is 2.52. The maximum Gasteiger partial charge on any atom is 0.336 e. The van der Waals surface area contributed by atoms with E-state index in [-0.39, 0.29) is 6.54 Å². The summed E-state index contributed by atoms with van der Waals surface area (Å²) in [6.45, 7) is 0.106. The molecule has 1 amide bonds. The van der Waals surface area contributed by atoms with E-state index in [1.54, 1.807) is 0 Å². The van der Waals surface area contributed by atoms with Crippen LogP contribution in [0.4, 0.5) is 0 Å². The summed E-state index contributed by atoms with van der Waals surface area (Å²) in [5.41, 5.74) is 0.982. The summed E-state index contributed by atoms with van der Waals surface area (Å²) >= 11 is 0. The zero-order chi connectivity index (χ0) is 13.1. The van der Waals surface area contributed by atoms with Crippen molar-refractivity contribution in [2.45, 2.75) is 18.6 Å². The number of hydrogen-bond donors (Lipinski definition) is 2. The van der Waals surface area contributed by atoms with Crippen LogP contribution in [0.2, 0.25) is 0 Å². The van der Waals surface area contributed by atoms with Gasteiger partial charge < -0.3 is 9.84 Å². The Morgan fingerprint density at radius 2 is 1.89 bits per heavy atom. The lowest BCUT2D eigenvalue weighted by molar-refractivity contribution is -0.166. The van der Waals surface area contributed by atoms with E-state index >= 15 is 0 Å². The number of hydrogen-bond acceptors (Lipinski definition) is 4. The van der Waals surface area contributed by atoms with Crippen molar-refractivity contribution in [3.8, 4) is 0 Å². The van der Waals surface area contributed by atoms with Gasteiger partial charge in [-0.05, 0) is 12.0 Å². The lowest BCUT2D eigenvalue weighted by atomic mass is 10.1. The summed E-state index contributed by atoms with van der Waals surface area (Å²) in [6, 6.07) is 9.37. The molecule has 1 heterocycles. The SMILES string of the molecule is O=C(O)[C@@H]1O[C@H]1C(=O)N(O)CCc1ccccc1. The highest BCUT2D eigenvalue weighted by Crippen LogP contribution is 2.23. The van der Waals surface area contributed by atoms with Crippen LogP contribution in [0.5, 0.6) is 0 Å². The summed E-state index contributed by atoms with van der Waals surface area (Å²) < 4.78 is 4.66. The number of epoxide rings is 1. The van der Waals surface area contributed by atoms with Gasteiger partial charge in [0, 0.05) is 0 Å². The minimum atomic E-state index is -1.19. The van der Waals surface area contributed by atoms with E-state index in [0.29, 0.717) is 11.5 Å². The monoisotopic (exact) mass is 251 g/mol. The van der Waals surface area contributed by atoms with Gasteiger partial charge in [0.15, 0.2) is 12.2 Å². The number of benzene rings is 1. The van der Waals surface area contributed by atoms with Crippen molar-refractivity contribution in [1.29, 1.82) is 0 Å². The van der Waals surface area contributed by atoms with E-state index in [2.05, 4.69) is 4.74 Å². The van der Waals surface area contributed by atoms with Crippen LogP contribution in [-0.4, -0.2) is 46.0 Å². The normalized spacial score (nSPS) is 21.4. The van der Waals surface area contributed by atoms with Crippen LogP contribution in [0, 0.1) is 0 Å². The molecule has 1 aliphatic heterocycles. The van der Waals surface area contributed by atoms with E-state index in [1.165, 1.54) is 0 Å². The first-order valence-corrected chi connectivity index (χ1v) is 5.52. The zero-order valence-electron chi connectivity index (χ0n) is 9.52. The molecular formula is C12H13NO5. The van der Waals surface area contributed by atoms with Crippen molar-refractivity contribution < 1.29 is 24.6 Å². The second kappa shape index (κ2) is 5.16. The van der Waals surface area contributed by atoms with Gasteiger partial charge in [-0.2, -0.15) is 0 Å². The Bertz CT molecular complexity index is 447. The van der Waals surface area contributed by atoms with E-state index in [9.17, 15) is 14.8 Å². The predicted molar refractivity (Wildman–Crippen MR) is 59.9 cm³/mol. The van der Waals surface area contributed by atoms with Crippen LogP contribution in [-0.2, 0) is 20.7 Å². The summed E-state index contributed by atoms with van der Waals surface area (Å²) in [4.78, 5) is 22.0. The van der Waals surface area contributed by atoms with Gasteiger partial charge in [0.05, 0.1) is 6.54 Å². The van der Waals surface area contributed by atoms with Crippen LogP contribution < -0.4 is 0 Å². The average molecular weight is 251 g/mol. The Kier molecular flexibility index (Phi) is 3.59. The lowest BCUT2D eigenvalue weighted by Gasteiger charge is -2.13. The van der Waals surface area contributed by atoms with Crippen molar-refractivity contribution in [3.05, 3.63) is 35.9 Å². The van der Waals surface area contributed by atoms with Gasteiger partial charge in [-0.15, -0.1) is 0 Å². The topological polar surface area (TPSA) is 90.4 Å². The van der Waals surface area contributed by atoms with Gasteiger partial charge in [-0.1, -0.05) is 30.3 Å². The van der Waals surface area contributed by atoms with Crippen molar-refractivity contribution in [1.82, 2.24) is 5.06 Å². The Morgan fingerprint density at radius 3 is 2.44 bits per heavy atom. The Hall–Kier alpha value is -1.92. The van der Waals surface area contributed by atoms with Crippen LogP contribution in [0.1, 0.15) is 5.56 Å². The number of carboxylic acids is 1. The molecule has 18 heavy (non-hydrogen) atoms. The molecule has 1 aromatic carbocycles. The molecule has 0 bridgehead atoms. The van der Waals surface area contributed by atoms with Crippen LogP contribution in [0.15, 0.2) is 30.3 Å². The zero-order valence-corrected chi connectivity index (χ0v) is 9.52. The first kappa shape index (κ1) is 12.5. The second-order valence-electron chi connectivity index (χ2n) is 4.01. The van der Waals surface area contributed by atoms with Crippen molar-refractivity contribution in [2.24, 2.45) is 0 Å². The van der Waals surface area contributed by atoms with Gasteiger partial charge >= 0.3 is 5.97 Å². The number of carbonyl (C=O) groups is 2. The molecule has 0 saturated carbocycles. The highest BCUT2D eigenvalue weighted by molar-refractivity contribution is 5.91. The van der Waals surface area contributed by atoms with Crippen molar-refractivity contribution in [3.63, 3.8) is 0 Å². The maximum atomic E-state index is 11.5. The first-order valence-electron chi connectivity index (χ1n) is 5.52. The number of hydroxylamine groups is 2. The smallest absolute Gasteiger partial charge is 0.336 e. The minimum absolute atomic E-state index is 0.106. The average Bonchev–Trinajstić information content (AvgIpc) is 3.16. The molecule has 1 aromatic rings. The summed E-state index contributed by atoms with van der Waals surface area (Å²) in [5.74, 6) is -1.90. The van der Waals surface area contributed by atoms with Crippen LogP contribution in [0.3, 0.4) is 0 Å². The number of amides is 1. The Labute approximate surface area is 103 Å². The Morgan fingerprint density at radius 1 is 1.22 bits per heavy atom. The number of nitrogens with zero attached hydrogens (tertiary/aromatic N) is 1. The standard InChI is InChI=1S/C12H13NO5/c14-11(9-10(18-9)12(15)16)13(17)7-6-8-4-2-1-3-5-8/h1-5,9-10,17H,6-7H2,(H,15,16)/t9-,10-/m1/s1. The maximum absolute atomic E-state index is 11.5. The molecule has 0 aromatic heterocycles. The number of carbonyl (C=O) groups excluding carboxylic acids is 1. The summed E-state index contributed by atoms with van der Waals surface area (Å²) in [6.07, 6.45) is -1.68. The van der Waals surface area contributed by atoms with Gasteiger partial charge in [0.25, 0.3) is 5.91 Å².